The lowest BCUT2D eigenvalue weighted by molar-refractivity contribution is 0.378. The van der Waals surface area contributed by atoms with Crippen LogP contribution < -0.4 is 10.6 Å². The van der Waals surface area contributed by atoms with Crippen molar-refractivity contribution in [3.8, 4) is 0 Å². The molecule has 1 heterocycles. The highest BCUT2D eigenvalue weighted by molar-refractivity contribution is 5.21. The molecule has 2 rings (SSSR count). The summed E-state index contributed by atoms with van der Waals surface area (Å²) < 4.78 is 12.8. The molecule has 1 saturated heterocycles. The molecular formula is C12H17FN2. The highest BCUT2D eigenvalue weighted by atomic mass is 19.1. The molecule has 1 aromatic rings. The van der Waals surface area contributed by atoms with Gasteiger partial charge in [0.25, 0.3) is 0 Å². The van der Waals surface area contributed by atoms with Crippen LogP contribution in [0.5, 0.6) is 0 Å². The summed E-state index contributed by atoms with van der Waals surface area (Å²) in [6.07, 6.45) is 0. The first-order valence-electron chi connectivity index (χ1n) is 5.47. The van der Waals surface area contributed by atoms with E-state index in [9.17, 15) is 4.39 Å². The van der Waals surface area contributed by atoms with E-state index in [4.69, 9.17) is 0 Å². The number of rotatable bonds is 2. The molecule has 15 heavy (non-hydrogen) atoms. The highest BCUT2D eigenvalue weighted by Gasteiger charge is 2.20. The van der Waals surface area contributed by atoms with Gasteiger partial charge in [-0.25, -0.2) is 4.39 Å². The molecule has 0 saturated carbocycles. The van der Waals surface area contributed by atoms with Gasteiger partial charge in [0.05, 0.1) is 0 Å². The Morgan fingerprint density at radius 1 is 1.27 bits per heavy atom. The van der Waals surface area contributed by atoms with Crippen molar-refractivity contribution >= 4 is 0 Å². The molecule has 2 unspecified atom stereocenters. The van der Waals surface area contributed by atoms with E-state index in [1.807, 2.05) is 12.1 Å². The van der Waals surface area contributed by atoms with Crippen molar-refractivity contribution in [1.82, 2.24) is 10.6 Å². The number of halogens is 1. The van der Waals surface area contributed by atoms with E-state index in [1.165, 1.54) is 17.7 Å². The van der Waals surface area contributed by atoms with Gasteiger partial charge in [-0.05, 0) is 23.6 Å². The van der Waals surface area contributed by atoms with E-state index in [0.717, 1.165) is 19.6 Å². The summed E-state index contributed by atoms with van der Waals surface area (Å²) >= 11 is 0. The second-order valence-electron chi connectivity index (χ2n) is 4.10. The van der Waals surface area contributed by atoms with Crippen LogP contribution in [0.2, 0.25) is 0 Å². The average molecular weight is 208 g/mol. The van der Waals surface area contributed by atoms with Gasteiger partial charge in [0.1, 0.15) is 5.82 Å². The number of nitrogens with one attached hydrogen (secondary N) is 2. The van der Waals surface area contributed by atoms with Crippen molar-refractivity contribution in [3.05, 3.63) is 35.6 Å². The third-order valence-corrected chi connectivity index (χ3v) is 3.07. The van der Waals surface area contributed by atoms with Gasteiger partial charge in [0.15, 0.2) is 0 Å². The van der Waals surface area contributed by atoms with Crippen LogP contribution in [0, 0.1) is 5.82 Å². The molecule has 1 fully saturated rings. The number of hydrogen-bond acceptors (Lipinski definition) is 2. The summed E-state index contributed by atoms with van der Waals surface area (Å²) in [5, 5.41) is 6.84. The van der Waals surface area contributed by atoms with E-state index >= 15 is 0 Å². The zero-order chi connectivity index (χ0) is 10.7. The molecule has 2 atom stereocenters. The number of hydrogen-bond donors (Lipinski definition) is 2. The lowest BCUT2D eigenvalue weighted by Crippen LogP contribution is -2.50. The van der Waals surface area contributed by atoms with Gasteiger partial charge in [0.2, 0.25) is 0 Å². The topological polar surface area (TPSA) is 24.1 Å². The van der Waals surface area contributed by atoms with Gasteiger partial charge in [-0.1, -0.05) is 19.1 Å². The van der Waals surface area contributed by atoms with E-state index in [0.29, 0.717) is 12.0 Å². The summed E-state index contributed by atoms with van der Waals surface area (Å²) in [5.41, 5.74) is 1.19. The highest BCUT2D eigenvalue weighted by Crippen LogP contribution is 2.19. The van der Waals surface area contributed by atoms with E-state index in [1.54, 1.807) is 0 Å². The number of piperazine rings is 1. The predicted molar refractivity (Wildman–Crippen MR) is 59.5 cm³/mol. The van der Waals surface area contributed by atoms with Gasteiger partial charge >= 0.3 is 0 Å². The van der Waals surface area contributed by atoms with Crippen molar-refractivity contribution in [3.63, 3.8) is 0 Å². The Kier molecular flexibility index (Phi) is 3.34. The molecule has 0 aliphatic carbocycles. The second-order valence-corrected chi connectivity index (χ2v) is 4.10. The third kappa shape index (κ3) is 2.55. The lowest BCUT2D eigenvalue weighted by atomic mass is 9.92. The van der Waals surface area contributed by atoms with Crippen molar-refractivity contribution in [1.29, 1.82) is 0 Å². The van der Waals surface area contributed by atoms with Crippen LogP contribution >= 0.6 is 0 Å². The van der Waals surface area contributed by atoms with E-state index in [-0.39, 0.29) is 5.82 Å². The van der Waals surface area contributed by atoms with Crippen LogP contribution in [-0.4, -0.2) is 25.7 Å². The summed E-state index contributed by atoms with van der Waals surface area (Å²) in [7, 11) is 0. The molecule has 0 amide bonds. The zero-order valence-corrected chi connectivity index (χ0v) is 8.96. The monoisotopic (exact) mass is 208 g/mol. The Bertz CT molecular complexity index is 304. The molecule has 0 aromatic heterocycles. The lowest BCUT2D eigenvalue weighted by Gasteiger charge is -2.30. The van der Waals surface area contributed by atoms with Gasteiger partial charge in [0, 0.05) is 25.7 Å². The standard InChI is InChI=1S/C12H17FN2/c1-9(12-8-14-6-7-15-12)10-2-4-11(13)5-3-10/h2-5,9,12,14-15H,6-8H2,1H3. The Hall–Kier alpha value is -0.930. The SMILES string of the molecule is CC(c1ccc(F)cc1)C1CNCCN1. The fraction of sp³-hybridized carbons (Fsp3) is 0.500. The smallest absolute Gasteiger partial charge is 0.123 e. The van der Waals surface area contributed by atoms with Crippen molar-refractivity contribution in [2.24, 2.45) is 0 Å². The van der Waals surface area contributed by atoms with Crippen LogP contribution in [0.15, 0.2) is 24.3 Å². The first kappa shape index (κ1) is 10.6. The molecule has 0 spiro atoms. The summed E-state index contributed by atoms with van der Waals surface area (Å²) in [5.74, 6) is 0.249. The fourth-order valence-corrected chi connectivity index (χ4v) is 2.03. The van der Waals surface area contributed by atoms with Gasteiger partial charge in [-0.15, -0.1) is 0 Å². The Balaban J connectivity index is 2.05. The van der Waals surface area contributed by atoms with Crippen molar-refractivity contribution < 1.29 is 4.39 Å². The molecule has 82 valence electrons. The molecule has 1 aromatic carbocycles. The summed E-state index contributed by atoms with van der Waals surface area (Å²) in [6.45, 7) is 5.21. The molecule has 0 bridgehead atoms. The molecule has 1 aliphatic rings. The second kappa shape index (κ2) is 4.73. The van der Waals surface area contributed by atoms with Gasteiger partial charge in [-0.2, -0.15) is 0 Å². The van der Waals surface area contributed by atoms with Crippen LogP contribution in [-0.2, 0) is 0 Å². The number of benzene rings is 1. The third-order valence-electron chi connectivity index (χ3n) is 3.07. The molecule has 2 N–H and O–H groups in total. The zero-order valence-electron chi connectivity index (χ0n) is 8.96. The maximum Gasteiger partial charge on any atom is 0.123 e. The summed E-state index contributed by atoms with van der Waals surface area (Å²) in [6, 6.07) is 7.25. The fourth-order valence-electron chi connectivity index (χ4n) is 2.03. The Labute approximate surface area is 89.9 Å². The Morgan fingerprint density at radius 3 is 2.60 bits per heavy atom. The van der Waals surface area contributed by atoms with Crippen LogP contribution in [0.1, 0.15) is 18.4 Å². The van der Waals surface area contributed by atoms with Gasteiger partial charge < -0.3 is 10.6 Å². The van der Waals surface area contributed by atoms with Crippen molar-refractivity contribution in [2.75, 3.05) is 19.6 Å². The molecule has 0 radical (unpaired) electrons. The largest absolute Gasteiger partial charge is 0.314 e. The first-order valence-corrected chi connectivity index (χ1v) is 5.47. The van der Waals surface area contributed by atoms with Crippen LogP contribution in [0.4, 0.5) is 4.39 Å². The maximum absolute atomic E-state index is 12.8. The first-order chi connectivity index (χ1) is 7.27. The average Bonchev–Trinajstić information content (AvgIpc) is 2.30. The quantitative estimate of drug-likeness (QED) is 0.769. The van der Waals surface area contributed by atoms with Gasteiger partial charge in [-0.3, -0.25) is 0 Å². The predicted octanol–water partition coefficient (Wildman–Crippen LogP) is 1.49. The van der Waals surface area contributed by atoms with E-state index in [2.05, 4.69) is 17.6 Å². The maximum atomic E-state index is 12.8. The Morgan fingerprint density at radius 2 is 2.00 bits per heavy atom. The van der Waals surface area contributed by atoms with Crippen molar-refractivity contribution in [2.45, 2.75) is 18.9 Å². The minimum absolute atomic E-state index is 0.166. The van der Waals surface area contributed by atoms with E-state index < -0.39 is 0 Å². The molecule has 3 heteroatoms. The summed E-state index contributed by atoms with van der Waals surface area (Å²) in [4.78, 5) is 0. The van der Waals surface area contributed by atoms with Crippen LogP contribution in [0.3, 0.4) is 0 Å². The molecule has 2 nitrogen and oxygen atoms in total. The molecule has 1 aliphatic heterocycles. The minimum Gasteiger partial charge on any atom is -0.314 e. The minimum atomic E-state index is -0.166. The van der Waals surface area contributed by atoms with Crippen LogP contribution in [0.25, 0.3) is 0 Å². The normalized spacial score (nSPS) is 23.7. The molecular weight excluding hydrogens is 191 g/mol.